The Hall–Kier alpha value is 0.0700. The van der Waals surface area contributed by atoms with Gasteiger partial charge in [-0.3, -0.25) is 4.79 Å². The summed E-state index contributed by atoms with van der Waals surface area (Å²) in [7, 11) is 3.43. The van der Waals surface area contributed by atoms with Crippen molar-refractivity contribution in [2.45, 2.75) is 11.8 Å². The molecule has 3 nitrogen and oxygen atoms in total. The zero-order valence-electron chi connectivity index (χ0n) is 9.24. The lowest BCUT2D eigenvalue weighted by atomic mass is 10.1. The molecule has 5 heteroatoms. The molecule has 0 aliphatic carbocycles. The van der Waals surface area contributed by atoms with Crippen LogP contribution in [0.15, 0.2) is 0 Å². The third-order valence-corrected chi connectivity index (χ3v) is 3.90. The van der Waals surface area contributed by atoms with Crippen LogP contribution in [-0.4, -0.2) is 55.0 Å². The van der Waals surface area contributed by atoms with Crippen LogP contribution in [0.3, 0.4) is 0 Å². The first-order valence-corrected chi connectivity index (χ1v) is 6.70. The Labute approximate surface area is 100 Å². The molecule has 0 aromatic carbocycles. The van der Waals surface area contributed by atoms with Gasteiger partial charge >= 0.3 is 0 Å². The van der Waals surface area contributed by atoms with E-state index in [1.165, 1.54) is 0 Å². The molecule has 2 atom stereocenters. The van der Waals surface area contributed by atoms with E-state index >= 15 is 0 Å². The van der Waals surface area contributed by atoms with E-state index in [1.54, 1.807) is 12.0 Å². The number of hydrogen-bond donors (Lipinski definition) is 0. The van der Waals surface area contributed by atoms with Gasteiger partial charge in [0.15, 0.2) is 0 Å². The quantitative estimate of drug-likeness (QED) is 0.693. The first-order chi connectivity index (χ1) is 7.15. The molecule has 1 fully saturated rings. The van der Waals surface area contributed by atoms with E-state index in [2.05, 4.69) is 0 Å². The molecule has 0 radical (unpaired) electrons. The minimum atomic E-state index is -0.113. The van der Waals surface area contributed by atoms with Crippen molar-refractivity contribution in [3.8, 4) is 0 Å². The lowest BCUT2D eigenvalue weighted by molar-refractivity contribution is -0.133. The van der Waals surface area contributed by atoms with Crippen molar-refractivity contribution in [2.75, 3.05) is 38.8 Å². The normalized spacial score (nSPS) is 22.7. The van der Waals surface area contributed by atoms with Crippen molar-refractivity contribution in [3.63, 3.8) is 0 Å². The number of ether oxygens (including phenoxy) is 1. The Morgan fingerprint density at radius 2 is 2.47 bits per heavy atom. The van der Waals surface area contributed by atoms with E-state index in [-0.39, 0.29) is 17.2 Å². The summed E-state index contributed by atoms with van der Waals surface area (Å²) in [6.07, 6.45) is 1.01. The Morgan fingerprint density at radius 1 is 1.73 bits per heavy atom. The molecular weight excluding hydrogens is 234 g/mol. The number of carbonyl (C=O) groups is 1. The molecule has 1 amide bonds. The predicted octanol–water partition coefficient (Wildman–Crippen LogP) is 1.45. The molecular formula is C10H18ClNO2S. The fraction of sp³-hybridized carbons (Fsp3) is 0.900. The van der Waals surface area contributed by atoms with Crippen LogP contribution >= 0.6 is 23.4 Å². The minimum absolute atomic E-state index is 0.113. The average molecular weight is 252 g/mol. The van der Waals surface area contributed by atoms with Crippen molar-refractivity contribution in [3.05, 3.63) is 0 Å². The first kappa shape index (κ1) is 13.1. The van der Waals surface area contributed by atoms with Crippen molar-refractivity contribution in [1.29, 1.82) is 0 Å². The van der Waals surface area contributed by atoms with Gasteiger partial charge < -0.3 is 9.64 Å². The summed E-state index contributed by atoms with van der Waals surface area (Å²) in [5, 5.41) is -0.113. The van der Waals surface area contributed by atoms with Gasteiger partial charge in [0.2, 0.25) is 5.91 Å². The Kier molecular flexibility index (Phi) is 5.79. The Balaban J connectivity index is 2.31. The van der Waals surface area contributed by atoms with Gasteiger partial charge in [0.1, 0.15) is 0 Å². The van der Waals surface area contributed by atoms with Crippen LogP contribution in [0.5, 0.6) is 0 Å². The van der Waals surface area contributed by atoms with Crippen molar-refractivity contribution < 1.29 is 9.53 Å². The second-order valence-corrected chi connectivity index (χ2v) is 5.60. The average Bonchev–Trinajstić information content (AvgIpc) is 2.69. The lowest BCUT2D eigenvalue weighted by Crippen LogP contribution is -2.37. The summed E-state index contributed by atoms with van der Waals surface area (Å²) in [6.45, 7) is 1.05. The molecule has 0 aromatic heterocycles. The summed E-state index contributed by atoms with van der Waals surface area (Å²) < 4.78 is 4.94. The number of halogens is 1. The third-order valence-electron chi connectivity index (χ3n) is 2.47. The molecule has 0 aromatic rings. The van der Waals surface area contributed by atoms with Crippen molar-refractivity contribution >= 4 is 29.3 Å². The number of nitrogens with zero attached hydrogens (tertiary/aromatic N) is 1. The molecule has 1 saturated heterocycles. The zero-order chi connectivity index (χ0) is 11.3. The standard InChI is InChI=1S/C10H18ClNO2S/c1-12(5-9(11)6-14-2)10(13)8-3-4-15-7-8/h8-9H,3-7H2,1-2H3. The fourth-order valence-corrected chi connectivity index (χ4v) is 3.21. The van der Waals surface area contributed by atoms with E-state index < -0.39 is 0 Å². The van der Waals surface area contributed by atoms with Crippen LogP contribution in [0.2, 0.25) is 0 Å². The maximum absolute atomic E-state index is 11.9. The second-order valence-electron chi connectivity index (χ2n) is 3.83. The van der Waals surface area contributed by atoms with Gasteiger partial charge in [-0.2, -0.15) is 11.8 Å². The van der Waals surface area contributed by atoms with E-state index in [0.717, 1.165) is 17.9 Å². The molecule has 0 bridgehead atoms. The van der Waals surface area contributed by atoms with Crippen LogP contribution in [0.1, 0.15) is 6.42 Å². The summed E-state index contributed by atoms with van der Waals surface area (Å²) >= 11 is 7.85. The van der Waals surface area contributed by atoms with Gasteiger partial charge in [0, 0.05) is 32.4 Å². The summed E-state index contributed by atoms with van der Waals surface area (Å²) in [6, 6.07) is 0. The SMILES string of the molecule is COCC(Cl)CN(C)C(=O)C1CCSC1. The van der Waals surface area contributed by atoms with Crippen molar-refractivity contribution in [1.82, 2.24) is 4.90 Å². The molecule has 2 unspecified atom stereocenters. The number of hydrogen-bond acceptors (Lipinski definition) is 3. The monoisotopic (exact) mass is 251 g/mol. The highest BCUT2D eigenvalue weighted by Crippen LogP contribution is 2.24. The highest BCUT2D eigenvalue weighted by atomic mass is 35.5. The maximum atomic E-state index is 11.9. The summed E-state index contributed by atoms with van der Waals surface area (Å²) in [5.74, 6) is 2.49. The zero-order valence-corrected chi connectivity index (χ0v) is 10.8. The smallest absolute Gasteiger partial charge is 0.226 e. The molecule has 1 aliphatic rings. The van der Waals surface area contributed by atoms with Gasteiger partial charge in [0.05, 0.1) is 12.0 Å². The Bertz CT molecular complexity index is 210. The van der Waals surface area contributed by atoms with Crippen LogP contribution in [0, 0.1) is 5.92 Å². The van der Waals surface area contributed by atoms with Crippen molar-refractivity contribution in [2.24, 2.45) is 5.92 Å². The highest BCUT2D eigenvalue weighted by Gasteiger charge is 2.26. The molecule has 88 valence electrons. The van der Waals surface area contributed by atoms with Gasteiger partial charge in [0.25, 0.3) is 0 Å². The van der Waals surface area contributed by atoms with E-state index in [1.807, 2.05) is 18.8 Å². The number of rotatable bonds is 5. The number of carbonyl (C=O) groups excluding carboxylic acids is 1. The topological polar surface area (TPSA) is 29.5 Å². The maximum Gasteiger partial charge on any atom is 0.226 e. The highest BCUT2D eigenvalue weighted by molar-refractivity contribution is 7.99. The molecule has 0 spiro atoms. The number of methoxy groups -OCH3 is 1. The largest absolute Gasteiger partial charge is 0.383 e. The number of alkyl halides is 1. The van der Waals surface area contributed by atoms with Crippen LogP contribution in [0.25, 0.3) is 0 Å². The second kappa shape index (κ2) is 6.61. The third kappa shape index (κ3) is 4.21. The predicted molar refractivity (Wildman–Crippen MR) is 64.6 cm³/mol. The molecule has 15 heavy (non-hydrogen) atoms. The number of thioether (sulfide) groups is 1. The molecule has 0 N–H and O–H groups in total. The molecule has 0 saturated carbocycles. The minimum Gasteiger partial charge on any atom is -0.383 e. The molecule has 1 aliphatic heterocycles. The lowest BCUT2D eigenvalue weighted by Gasteiger charge is -2.22. The first-order valence-electron chi connectivity index (χ1n) is 5.11. The van der Waals surface area contributed by atoms with Crippen LogP contribution < -0.4 is 0 Å². The van der Waals surface area contributed by atoms with E-state index in [0.29, 0.717) is 13.2 Å². The van der Waals surface area contributed by atoms with Crippen LogP contribution in [-0.2, 0) is 9.53 Å². The van der Waals surface area contributed by atoms with Gasteiger partial charge in [-0.15, -0.1) is 11.6 Å². The van der Waals surface area contributed by atoms with E-state index in [4.69, 9.17) is 16.3 Å². The van der Waals surface area contributed by atoms with Gasteiger partial charge in [-0.25, -0.2) is 0 Å². The fourth-order valence-electron chi connectivity index (χ4n) is 1.66. The van der Waals surface area contributed by atoms with Gasteiger partial charge in [-0.05, 0) is 12.2 Å². The summed E-state index contributed by atoms with van der Waals surface area (Å²) in [4.78, 5) is 13.6. The van der Waals surface area contributed by atoms with Crippen LogP contribution in [0.4, 0.5) is 0 Å². The molecule has 1 rings (SSSR count). The Morgan fingerprint density at radius 3 is 3.00 bits per heavy atom. The molecule has 1 heterocycles. The van der Waals surface area contributed by atoms with E-state index in [9.17, 15) is 4.79 Å². The summed E-state index contributed by atoms with van der Waals surface area (Å²) in [5.41, 5.74) is 0. The van der Waals surface area contributed by atoms with Gasteiger partial charge in [-0.1, -0.05) is 0 Å². The number of amides is 1.